The number of nitrogens with one attached hydrogen (secondary N) is 1. The van der Waals surface area contributed by atoms with Crippen molar-refractivity contribution in [3.8, 4) is 0 Å². The highest BCUT2D eigenvalue weighted by Crippen LogP contribution is 2.04. The summed E-state index contributed by atoms with van der Waals surface area (Å²) >= 11 is 0. The molecule has 0 aliphatic rings. The molecule has 12 heavy (non-hydrogen) atoms. The third-order valence-corrected chi connectivity index (χ3v) is 1.47. The maximum Gasteiger partial charge on any atom is 0.349 e. The molecule has 0 bridgehead atoms. The Labute approximate surface area is 69.0 Å². The zero-order valence-electron chi connectivity index (χ0n) is 6.87. The molecule has 1 aromatic rings. The number of anilines is 1. The first-order chi connectivity index (χ1) is 5.65. The minimum Gasteiger partial charge on any atom is -0.313 e. The summed E-state index contributed by atoms with van der Waals surface area (Å²) in [6.45, 7) is 1.76. The number of carbonyl (C=O) groups is 1. The molecule has 0 fully saturated rings. The topological polar surface area (TPSA) is 64.0 Å². The number of rotatable bonds is 2. The lowest BCUT2D eigenvalue weighted by Crippen LogP contribution is -2.21. The third-order valence-electron chi connectivity index (χ3n) is 1.47. The minimum absolute atomic E-state index is 0.313. The summed E-state index contributed by atoms with van der Waals surface area (Å²) in [7, 11) is 1.60. The van der Waals surface area contributed by atoms with Crippen molar-refractivity contribution in [1.82, 2.24) is 9.55 Å². The Kier molecular flexibility index (Phi) is 2.23. The second kappa shape index (κ2) is 3.17. The molecular formula is C7H9N3O2. The van der Waals surface area contributed by atoms with Gasteiger partial charge in [-0.15, -0.1) is 0 Å². The molecule has 0 atom stereocenters. The van der Waals surface area contributed by atoms with Crippen LogP contribution in [0.25, 0.3) is 0 Å². The summed E-state index contributed by atoms with van der Waals surface area (Å²) < 4.78 is 1.35. The van der Waals surface area contributed by atoms with Gasteiger partial charge >= 0.3 is 5.69 Å². The molecule has 1 aromatic heterocycles. The Morgan fingerprint density at radius 1 is 1.67 bits per heavy atom. The van der Waals surface area contributed by atoms with Gasteiger partial charge in [-0.05, 0) is 6.92 Å². The average Bonchev–Trinajstić information content (AvgIpc) is 2.01. The minimum atomic E-state index is -0.384. The first-order valence-electron chi connectivity index (χ1n) is 3.39. The van der Waals surface area contributed by atoms with Crippen molar-refractivity contribution in [2.24, 2.45) is 7.05 Å². The summed E-state index contributed by atoms with van der Waals surface area (Å²) in [6.07, 6.45) is 2.11. The van der Waals surface area contributed by atoms with Gasteiger partial charge in [0.05, 0.1) is 0 Å². The van der Waals surface area contributed by atoms with Crippen LogP contribution in [0.3, 0.4) is 0 Å². The Bertz CT molecular complexity index is 356. The third kappa shape index (κ3) is 1.50. The average molecular weight is 167 g/mol. The Morgan fingerprint density at radius 2 is 2.33 bits per heavy atom. The van der Waals surface area contributed by atoms with E-state index in [4.69, 9.17) is 0 Å². The van der Waals surface area contributed by atoms with Gasteiger partial charge in [-0.25, -0.2) is 4.79 Å². The van der Waals surface area contributed by atoms with Crippen molar-refractivity contribution in [1.29, 1.82) is 0 Å². The quantitative estimate of drug-likeness (QED) is 0.613. The molecule has 0 radical (unpaired) electrons. The lowest BCUT2D eigenvalue weighted by Gasteiger charge is -2.03. The predicted octanol–water partition coefficient (Wildman–Crippen LogP) is -0.343. The monoisotopic (exact) mass is 167 g/mol. The van der Waals surface area contributed by atoms with Gasteiger partial charge in [0.1, 0.15) is 5.82 Å². The molecule has 0 aliphatic carbocycles. The highest BCUT2D eigenvalue weighted by atomic mass is 16.1. The van der Waals surface area contributed by atoms with E-state index in [1.807, 2.05) is 0 Å². The van der Waals surface area contributed by atoms with Crippen LogP contribution in [-0.4, -0.2) is 16.0 Å². The number of hydrogen-bond donors (Lipinski definition) is 1. The van der Waals surface area contributed by atoms with E-state index in [9.17, 15) is 9.59 Å². The lowest BCUT2D eigenvalue weighted by atomic mass is 10.3. The van der Waals surface area contributed by atoms with E-state index >= 15 is 0 Å². The molecule has 1 rings (SSSR count). The van der Waals surface area contributed by atoms with Gasteiger partial charge in [-0.3, -0.25) is 4.79 Å². The van der Waals surface area contributed by atoms with Gasteiger partial charge in [0.15, 0.2) is 0 Å². The first kappa shape index (κ1) is 8.45. The highest BCUT2D eigenvalue weighted by Gasteiger charge is 2.00. The second-order valence-electron chi connectivity index (χ2n) is 2.43. The molecule has 1 amide bonds. The summed E-state index contributed by atoms with van der Waals surface area (Å²) in [6, 6.07) is 0. The molecule has 5 heteroatoms. The fraction of sp³-hybridized carbons (Fsp3) is 0.286. The Hall–Kier alpha value is -1.65. The molecule has 0 aromatic carbocycles. The number of amides is 1. The van der Waals surface area contributed by atoms with Crippen LogP contribution < -0.4 is 11.0 Å². The van der Waals surface area contributed by atoms with Gasteiger partial charge in [-0.1, -0.05) is 0 Å². The maximum atomic E-state index is 11.0. The summed E-state index contributed by atoms with van der Waals surface area (Å²) in [4.78, 5) is 24.7. The van der Waals surface area contributed by atoms with Crippen LogP contribution in [0.5, 0.6) is 0 Å². The fourth-order valence-corrected chi connectivity index (χ4v) is 0.871. The van der Waals surface area contributed by atoms with Crippen molar-refractivity contribution in [2.45, 2.75) is 6.92 Å². The van der Waals surface area contributed by atoms with Gasteiger partial charge in [0.25, 0.3) is 0 Å². The van der Waals surface area contributed by atoms with E-state index in [-0.39, 0.29) is 5.69 Å². The van der Waals surface area contributed by atoms with Crippen LogP contribution in [0.15, 0.2) is 11.0 Å². The largest absolute Gasteiger partial charge is 0.349 e. The number of hydrogen-bond acceptors (Lipinski definition) is 3. The maximum absolute atomic E-state index is 11.0. The molecule has 1 heterocycles. The van der Waals surface area contributed by atoms with Crippen LogP contribution in [0, 0.1) is 6.92 Å². The molecule has 0 saturated carbocycles. The normalized spacial score (nSPS) is 9.50. The highest BCUT2D eigenvalue weighted by molar-refractivity contribution is 5.70. The van der Waals surface area contributed by atoms with E-state index in [2.05, 4.69) is 10.3 Å². The van der Waals surface area contributed by atoms with E-state index in [0.717, 1.165) is 5.56 Å². The van der Waals surface area contributed by atoms with E-state index in [1.165, 1.54) is 4.57 Å². The summed E-state index contributed by atoms with van der Waals surface area (Å²) in [5.74, 6) is 0.313. The number of aryl methyl sites for hydroxylation is 2. The van der Waals surface area contributed by atoms with E-state index in [1.54, 1.807) is 20.2 Å². The van der Waals surface area contributed by atoms with Gasteiger partial charge < -0.3 is 9.88 Å². The zero-order chi connectivity index (χ0) is 9.14. The molecular weight excluding hydrogens is 158 g/mol. The van der Waals surface area contributed by atoms with E-state index in [0.29, 0.717) is 12.2 Å². The SMILES string of the molecule is Cc1cn(C)c(=O)nc1NC=O. The lowest BCUT2D eigenvalue weighted by molar-refractivity contribution is -0.105. The summed E-state index contributed by atoms with van der Waals surface area (Å²) in [5, 5.41) is 2.34. The molecule has 0 aliphatic heterocycles. The smallest absolute Gasteiger partial charge is 0.313 e. The molecule has 5 nitrogen and oxygen atoms in total. The summed E-state index contributed by atoms with van der Waals surface area (Å²) in [5.41, 5.74) is 0.370. The van der Waals surface area contributed by atoms with Crippen molar-refractivity contribution in [3.63, 3.8) is 0 Å². The molecule has 1 N–H and O–H groups in total. The number of carbonyl (C=O) groups excluding carboxylic acids is 1. The van der Waals surface area contributed by atoms with Gasteiger partial charge in [-0.2, -0.15) is 4.98 Å². The predicted molar refractivity (Wildman–Crippen MR) is 43.9 cm³/mol. The zero-order valence-corrected chi connectivity index (χ0v) is 6.87. The van der Waals surface area contributed by atoms with Crippen molar-refractivity contribution in [2.75, 3.05) is 5.32 Å². The number of nitrogens with zero attached hydrogens (tertiary/aromatic N) is 2. The van der Waals surface area contributed by atoms with E-state index < -0.39 is 0 Å². The van der Waals surface area contributed by atoms with Crippen LogP contribution >= 0.6 is 0 Å². The Morgan fingerprint density at radius 3 is 2.92 bits per heavy atom. The Balaban J connectivity index is 3.22. The van der Waals surface area contributed by atoms with Gasteiger partial charge in [0.2, 0.25) is 6.41 Å². The van der Waals surface area contributed by atoms with Gasteiger partial charge in [0, 0.05) is 18.8 Å². The standard InChI is InChI=1S/C7H9N3O2/c1-5-3-10(2)7(12)9-6(5)8-4-11/h3-4H,1-2H3,(H,8,9,11,12). The van der Waals surface area contributed by atoms with Crippen LogP contribution in [0.4, 0.5) is 5.82 Å². The first-order valence-corrected chi connectivity index (χ1v) is 3.39. The molecule has 0 unspecified atom stereocenters. The van der Waals surface area contributed by atoms with Crippen LogP contribution in [0.2, 0.25) is 0 Å². The molecule has 0 spiro atoms. The molecule has 64 valence electrons. The van der Waals surface area contributed by atoms with Crippen molar-refractivity contribution < 1.29 is 4.79 Å². The van der Waals surface area contributed by atoms with Crippen LogP contribution in [-0.2, 0) is 11.8 Å². The fourth-order valence-electron chi connectivity index (χ4n) is 0.871. The van der Waals surface area contributed by atoms with Crippen molar-refractivity contribution in [3.05, 3.63) is 22.2 Å². The van der Waals surface area contributed by atoms with Crippen LogP contribution in [0.1, 0.15) is 5.56 Å². The number of aromatic nitrogens is 2. The van der Waals surface area contributed by atoms with Crippen molar-refractivity contribution >= 4 is 12.2 Å². The second-order valence-corrected chi connectivity index (χ2v) is 2.43. The molecule has 0 saturated heterocycles.